The molecule has 2 heterocycles. The molecule has 1 N–H and O–H groups in total. The molecule has 0 saturated carbocycles. The topological polar surface area (TPSA) is 61.9 Å². The summed E-state index contributed by atoms with van der Waals surface area (Å²) in [6.45, 7) is 3.84. The smallest absolute Gasteiger partial charge is 0.244 e. The fourth-order valence-electron chi connectivity index (χ4n) is 3.05. The molecule has 0 atom stereocenters. The monoisotopic (exact) mass is 317 g/mol. The van der Waals surface area contributed by atoms with Crippen LogP contribution in [0.15, 0.2) is 24.3 Å². The van der Waals surface area contributed by atoms with E-state index in [0.29, 0.717) is 26.2 Å². The lowest BCUT2D eigenvalue weighted by molar-refractivity contribution is -0.136. The van der Waals surface area contributed by atoms with Gasteiger partial charge in [0.05, 0.1) is 31.1 Å². The summed E-state index contributed by atoms with van der Waals surface area (Å²) in [5.41, 5.74) is 1.80. The van der Waals surface area contributed by atoms with Crippen LogP contribution in [0, 0.1) is 0 Å². The number of amides is 2. The zero-order chi connectivity index (χ0) is 16.1. The minimum absolute atomic E-state index is 0.0767. The van der Waals surface area contributed by atoms with Gasteiger partial charge in [0.15, 0.2) is 0 Å². The van der Waals surface area contributed by atoms with Gasteiger partial charge in [-0.3, -0.25) is 9.59 Å². The van der Waals surface area contributed by atoms with E-state index in [9.17, 15) is 9.59 Å². The summed E-state index contributed by atoms with van der Waals surface area (Å²) in [4.78, 5) is 28.0. The second kappa shape index (κ2) is 7.46. The molecule has 2 amide bonds. The number of likely N-dealkylation sites (tertiary alicyclic amines) is 1. The summed E-state index contributed by atoms with van der Waals surface area (Å²) in [6, 6.07) is 7.79. The molecular weight excluding hydrogens is 294 g/mol. The van der Waals surface area contributed by atoms with Crippen LogP contribution in [0.25, 0.3) is 0 Å². The van der Waals surface area contributed by atoms with Crippen LogP contribution in [-0.2, 0) is 14.3 Å². The van der Waals surface area contributed by atoms with Crippen LogP contribution in [0.5, 0.6) is 0 Å². The Labute approximate surface area is 136 Å². The molecule has 0 aromatic heterocycles. The molecule has 2 aliphatic heterocycles. The van der Waals surface area contributed by atoms with Crippen molar-refractivity contribution in [2.45, 2.75) is 19.3 Å². The number of piperidine rings is 1. The third kappa shape index (κ3) is 4.01. The van der Waals surface area contributed by atoms with Crippen LogP contribution in [-0.4, -0.2) is 56.1 Å². The predicted octanol–water partition coefficient (Wildman–Crippen LogP) is 1.47. The molecule has 1 aromatic rings. The highest BCUT2D eigenvalue weighted by Gasteiger charge is 2.21. The number of hydrogen-bond acceptors (Lipinski definition) is 4. The molecule has 124 valence electrons. The maximum absolute atomic E-state index is 12.3. The van der Waals surface area contributed by atoms with Crippen molar-refractivity contribution in [3.8, 4) is 0 Å². The SMILES string of the molecule is O=C(CN1CCCCC1=O)Nc1ccccc1N1CCOCC1. The number of benzene rings is 1. The fourth-order valence-corrected chi connectivity index (χ4v) is 3.05. The number of nitrogens with zero attached hydrogens (tertiary/aromatic N) is 2. The van der Waals surface area contributed by atoms with E-state index in [1.165, 1.54) is 0 Å². The van der Waals surface area contributed by atoms with Crippen molar-refractivity contribution in [1.82, 2.24) is 4.90 Å². The maximum atomic E-state index is 12.3. The van der Waals surface area contributed by atoms with E-state index in [0.717, 1.165) is 37.3 Å². The third-order valence-electron chi connectivity index (χ3n) is 4.29. The molecule has 0 aliphatic carbocycles. The number of carbonyl (C=O) groups is 2. The van der Waals surface area contributed by atoms with Crippen LogP contribution < -0.4 is 10.2 Å². The number of para-hydroxylation sites is 2. The number of anilines is 2. The molecule has 0 unspecified atom stereocenters. The van der Waals surface area contributed by atoms with Crippen molar-refractivity contribution in [3.63, 3.8) is 0 Å². The molecule has 6 heteroatoms. The van der Waals surface area contributed by atoms with E-state index < -0.39 is 0 Å². The van der Waals surface area contributed by atoms with Crippen LogP contribution >= 0.6 is 0 Å². The first-order valence-corrected chi connectivity index (χ1v) is 8.23. The van der Waals surface area contributed by atoms with Crippen molar-refractivity contribution >= 4 is 23.2 Å². The maximum Gasteiger partial charge on any atom is 0.244 e. The van der Waals surface area contributed by atoms with Crippen molar-refractivity contribution in [2.24, 2.45) is 0 Å². The Morgan fingerprint density at radius 1 is 1.13 bits per heavy atom. The van der Waals surface area contributed by atoms with Gasteiger partial charge in [0.1, 0.15) is 0 Å². The molecule has 2 fully saturated rings. The number of carbonyl (C=O) groups excluding carboxylic acids is 2. The minimum Gasteiger partial charge on any atom is -0.378 e. The van der Waals surface area contributed by atoms with E-state index in [2.05, 4.69) is 10.2 Å². The van der Waals surface area contributed by atoms with Gasteiger partial charge >= 0.3 is 0 Å². The van der Waals surface area contributed by atoms with Gasteiger partial charge in [0.25, 0.3) is 0 Å². The lowest BCUT2D eigenvalue weighted by Gasteiger charge is -2.31. The summed E-state index contributed by atoms with van der Waals surface area (Å²) < 4.78 is 5.38. The Morgan fingerprint density at radius 2 is 1.91 bits per heavy atom. The van der Waals surface area contributed by atoms with Crippen LogP contribution in [0.3, 0.4) is 0 Å². The first-order valence-electron chi connectivity index (χ1n) is 8.23. The standard InChI is InChI=1S/C17H23N3O3/c21-16(13-20-8-4-3-7-17(20)22)18-14-5-1-2-6-15(14)19-9-11-23-12-10-19/h1-2,5-6H,3-4,7-13H2,(H,18,21). The largest absolute Gasteiger partial charge is 0.378 e. The highest BCUT2D eigenvalue weighted by atomic mass is 16.5. The molecule has 0 radical (unpaired) electrons. The Hall–Kier alpha value is -2.08. The normalized spacial score (nSPS) is 18.9. The van der Waals surface area contributed by atoms with E-state index in [-0.39, 0.29) is 18.4 Å². The Kier molecular flexibility index (Phi) is 5.12. The second-order valence-corrected chi connectivity index (χ2v) is 5.94. The fraction of sp³-hybridized carbons (Fsp3) is 0.529. The van der Waals surface area contributed by atoms with Gasteiger partial charge in [-0.05, 0) is 25.0 Å². The number of ether oxygens (including phenoxy) is 1. The molecule has 0 spiro atoms. The highest BCUT2D eigenvalue weighted by Crippen LogP contribution is 2.26. The van der Waals surface area contributed by atoms with Crippen molar-refractivity contribution < 1.29 is 14.3 Å². The third-order valence-corrected chi connectivity index (χ3v) is 4.29. The van der Waals surface area contributed by atoms with E-state index in [1.54, 1.807) is 4.90 Å². The number of rotatable bonds is 4. The van der Waals surface area contributed by atoms with E-state index in [4.69, 9.17) is 4.74 Å². The lowest BCUT2D eigenvalue weighted by atomic mass is 10.1. The van der Waals surface area contributed by atoms with Crippen molar-refractivity contribution in [1.29, 1.82) is 0 Å². The zero-order valence-electron chi connectivity index (χ0n) is 13.3. The second-order valence-electron chi connectivity index (χ2n) is 5.94. The molecule has 2 aliphatic rings. The molecule has 1 aromatic carbocycles. The first-order chi connectivity index (χ1) is 11.2. The Morgan fingerprint density at radius 3 is 2.70 bits per heavy atom. The molecule has 2 saturated heterocycles. The van der Waals surface area contributed by atoms with Crippen molar-refractivity contribution in [3.05, 3.63) is 24.3 Å². The van der Waals surface area contributed by atoms with Gasteiger partial charge in [-0.15, -0.1) is 0 Å². The van der Waals surface area contributed by atoms with Gasteiger partial charge in [-0.1, -0.05) is 12.1 Å². The van der Waals surface area contributed by atoms with E-state index >= 15 is 0 Å². The van der Waals surface area contributed by atoms with Gasteiger partial charge < -0.3 is 19.9 Å². The molecule has 3 rings (SSSR count). The Balaban J connectivity index is 1.65. The summed E-state index contributed by atoms with van der Waals surface area (Å²) in [5.74, 6) is -0.0613. The average molecular weight is 317 g/mol. The average Bonchev–Trinajstić information content (AvgIpc) is 2.58. The predicted molar refractivity (Wildman–Crippen MR) is 88.5 cm³/mol. The van der Waals surface area contributed by atoms with Gasteiger partial charge in [-0.25, -0.2) is 0 Å². The summed E-state index contributed by atoms with van der Waals surface area (Å²) in [6.07, 6.45) is 2.46. The van der Waals surface area contributed by atoms with Gasteiger partial charge in [0, 0.05) is 26.1 Å². The molecule has 6 nitrogen and oxygen atoms in total. The summed E-state index contributed by atoms with van der Waals surface area (Å²) >= 11 is 0. The minimum atomic E-state index is -0.138. The molecular formula is C17H23N3O3. The quantitative estimate of drug-likeness (QED) is 0.913. The lowest BCUT2D eigenvalue weighted by Crippen LogP contribution is -2.41. The number of nitrogens with one attached hydrogen (secondary N) is 1. The van der Waals surface area contributed by atoms with Gasteiger partial charge in [0.2, 0.25) is 11.8 Å². The number of hydrogen-bond donors (Lipinski definition) is 1. The summed E-state index contributed by atoms with van der Waals surface area (Å²) in [5, 5.41) is 2.96. The first kappa shape index (κ1) is 15.8. The number of morpholine rings is 1. The van der Waals surface area contributed by atoms with Crippen LogP contribution in [0.2, 0.25) is 0 Å². The van der Waals surface area contributed by atoms with Crippen molar-refractivity contribution in [2.75, 3.05) is 49.6 Å². The molecule has 23 heavy (non-hydrogen) atoms. The van der Waals surface area contributed by atoms with Crippen LogP contribution in [0.4, 0.5) is 11.4 Å². The Bertz CT molecular complexity index is 570. The van der Waals surface area contributed by atoms with E-state index in [1.807, 2.05) is 24.3 Å². The zero-order valence-corrected chi connectivity index (χ0v) is 13.3. The van der Waals surface area contributed by atoms with Crippen LogP contribution in [0.1, 0.15) is 19.3 Å². The molecule has 0 bridgehead atoms. The summed E-state index contributed by atoms with van der Waals surface area (Å²) in [7, 11) is 0. The highest BCUT2D eigenvalue weighted by molar-refractivity contribution is 5.97. The van der Waals surface area contributed by atoms with Gasteiger partial charge in [-0.2, -0.15) is 0 Å².